The number of carboxylic acids is 1. The van der Waals surface area contributed by atoms with Crippen molar-refractivity contribution in [1.29, 1.82) is 0 Å². The van der Waals surface area contributed by atoms with Crippen molar-refractivity contribution in [2.45, 2.75) is 19.3 Å². The van der Waals surface area contributed by atoms with E-state index >= 15 is 0 Å². The van der Waals surface area contributed by atoms with Gasteiger partial charge in [-0.05, 0) is 30.5 Å². The largest absolute Gasteiger partial charge is 0.481 e. The molecule has 0 bridgehead atoms. The van der Waals surface area contributed by atoms with E-state index in [1.54, 1.807) is 4.90 Å². The van der Waals surface area contributed by atoms with Crippen molar-refractivity contribution in [3.8, 4) is 0 Å². The highest BCUT2D eigenvalue weighted by Crippen LogP contribution is 2.42. The zero-order valence-electron chi connectivity index (χ0n) is 12.8. The fourth-order valence-corrected chi connectivity index (χ4v) is 3.68. The first kappa shape index (κ1) is 16.3. The Bertz CT molecular complexity index is 603. The lowest BCUT2D eigenvalue weighted by molar-refractivity contribution is -0.157. The molecule has 2 aliphatic heterocycles. The quantitative estimate of drug-likeness (QED) is 0.914. The van der Waals surface area contributed by atoms with Crippen LogP contribution in [0.25, 0.3) is 0 Å². The number of nitrogens with zero attached hydrogens (tertiary/aromatic N) is 1. The summed E-state index contributed by atoms with van der Waals surface area (Å²) >= 11 is 5.85. The zero-order valence-corrected chi connectivity index (χ0v) is 13.6. The van der Waals surface area contributed by atoms with Gasteiger partial charge in [0.05, 0.1) is 12.0 Å². The average molecular weight is 338 g/mol. The van der Waals surface area contributed by atoms with Crippen molar-refractivity contribution in [3.05, 3.63) is 34.9 Å². The number of amides is 1. The number of hydrogen-bond donors (Lipinski definition) is 1. The number of ether oxygens (including phenoxy) is 1. The van der Waals surface area contributed by atoms with Crippen LogP contribution in [-0.4, -0.2) is 48.2 Å². The van der Waals surface area contributed by atoms with Crippen molar-refractivity contribution in [1.82, 2.24) is 4.90 Å². The van der Waals surface area contributed by atoms with Crippen molar-refractivity contribution >= 4 is 23.5 Å². The summed E-state index contributed by atoms with van der Waals surface area (Å²) in [6.45, 7) is 1.66. The zero-order chi connectivity index (χ0) is 16.4. The topological polar surface area (TPSA) is 66.8 Å². The summed E-state index contributed by atoms with van der Waals surface area (Å²) in [6.07, 6.45) is 1.49. The van der Waals surface area contributed by atoms with Gasteiger partial charge in [0.25, 0.3) is 0 Å². The Morgan fingerprint density at radius 3 is 2.74 bits per heavy atom. The van der Waals surface area contributed by atoms with Gasteiger partial charge in [0, 0.05) is 37.1 Å². The van der Waals surface area contributed by atoms with Gasteiger partial charge in [-0.3, -0.25) is 9.59 Å². The van der Waals surface area contributed by atoms with E-state index in [1.165, 1.54) is 0 Å². The van der Waals surface area contributed by atoms with E-state index in [4.69, 9.17) is 16.3 Å². The maximum Gasteiger partial charge on any atom is 0.311 e. The molecule has 0 saturated carbocycles. The minimum Gasteiger partial charge on any atom is -0.481 e. The number of benzene rings is 1. The molecule has 2 aliphatic rings. The molecular formula is C17H20ClNO4. The molecule has 0 radical (unpaired) electrons. The summed E-state index contributed by atoms with van der Waals surface area (Å²) < 4.78 is 5.41. The summed E-state index contributed by atoms with van der Waals surface area (Å²) in [5.41, 5.74) is 0.226. The third-order valence-corrected chi connectivity index (χ3v) is 5.28. The number of carbonyl (C=O) groups excluding carboxylic acids is 1. The fraction of sp³-hybridized carbons (Fsp3) is 0.529. The van der Waals surface area contributed by atoms with Crippen LogP contribution in [0.3, 0.4) is 0 Å². The third-order valence-electron chi connectivity index (χ3n) is 5.03. The van der Waals surface area contributed by atoms with E-state index < -0.39 is 11.4 Å². The Balaban J connectivity index is 1.62. The number of carboxylic acid groups (broad SMARTS) is 1. The maximum atomic E-state index is 12.5. The summed E-state index contributed by atoms with van der Waals surface area (Å²) in [6, 6.07) is 7.43. The average Bonchev–Trinajstić information content (AvgIpc) is 2.95. The van der Waals surface area contributed by atoms with Crippen LogP contribution in [0.4, 0.5) is 0 Å². The first-order valence-corrected chi connectivity index (χ1v) is 8.22. The molecule has 6 heteroatoms. The second-order valence-electron chi connectivity index (χ2n) is 6.38. The normalized spacial score (nSPS) is 26.8. The highest BCUT2D eigenvalue weighted by Gasteiger charge is 2.54. The third kappa shape index (κ3) is 3.21. The highest BCUT2D eigenvalue weighted by molar-refractivity contribution is 6.30. The standard InChI is InChI=1S/C17H20ClNO4/c18-14-4-1-12(2-5-14)3-6-15(20)19-9-13-10-23-8-7-17(13,11-19)16(21)22/h1-2,4-5,13H,3,6-11H2,(H,21,22)/t13-,17+/m0/s1. The summed E-state index contributed by atoms with van der Waals surface area (Å²) in [5, 5.41) is 10.3. The van der Waals surface area contributed by atoms with Crippen LogP contribution in [0, 0.1) is 11.3 Å². The Morgan fingerprint density at radius 2 is 2.09 bits per heavy atom. The second kappa shape index (κ2) is 6.49. The molecule has 2 fully saturated rings. The van der Waals surface area contributed by atoms with Crippen molar-refractivity contribution in [3.63, 3.8) is 0 Å². The molecule has 0 spiro atoms. The lowest BCUT2D eigenvalue weighted by atomic mass is 9.74. The summed E-state index contributed by atoms with van der Waals surface area (Å²) in [4.78, 5) is 25.9. The molecule has 3 rings (SSSR count). The van der Waals surface area contributed by atoms with E-state index in [-0.39, 0.29) is 11.8 Å². The highest BCUT2D eigenvalue weighted by atomic mass is 35.5. The van der Waals surface area contributed by atoms with Crippen molar-refractivity contribution < 1.29 is 19.4 Å². The molecule has 124 valence electrons. The van der Waals surface area contributed by atoms with Crippen LogP contribution in [0.1, 0.15) is 18.4 Å². The molecule has 2 heterocycles. The van der Waals surface area contributed by atoms with Gasteiger partial charge in [0.1, 0.15) is 0 Å². The van der Waals surface area contributed by atoms with Crippen LogP contribution >= 0.6 is 11.6 Å². The van der Waals surface area contributed by atoms with Gasteiger partial charge in [0.2, 0.25) is 5.91 Å². The van der Waals surface area contributed by atoms with E-state index in [2.05, 4.69) is 0 Å². The molecule has 0 aliphatic carbocycles. The Hall–Kier alpha value is -1.59. The number of rotatable bonds is 4. The second-order valence-corrected chi connectivity index (χ2v) is 6.82. The van der Waals surface area contributed by atoms with Crippen LogP contribution < -0.4 is 0 Å². The number of aliphatic carboxylic acids is 1. The number of carbonyl (C=O) groups is 2. The van der Waals surface area contributed by atoms with Gasteiger partial charge in [-0.15, -0.1) is 0 Å². The Kier molecular flexibility index (Phi) is 4.60. The predicted molar refractivity (Wildman–Crippen MR) is 85.3 cm³/mol. The molecule has 1 amide bonds. The van der Waals surface area contributed by atoms with E-state index in [0.717, 1.165) is 5.56 Å². The van der Waals surface area contributed by atoms with Gasteiger partial charge < -0.3 is 14.7 Å². The number of hydrogen-bond acceptors (Lipinski definition) is 3. The molecule has 2 saturated heterocycles. The van der Waals surface area contributed by atoms with E-state index in [9.17, 15) is 14.7 Å². The number of aryl methyl sites for hydroxylation is 1. The van der Waals surface area contributed by atoms with Crippen molar-refractivity contribution in [2.24, 2.45) is 11.3 Å². The summed E-state index contributed by atoms with van der Waals surface area (Å²) in [5.74, 6) is -0.901. The SMILES string of the molecule is O=C(CCc1ccc(Cl)cc1)N1C[C@H]2COCC[C@@]2(C(=O)O)C1. The van der Waals surface area contributed by atoms with Gasteiger partial charge in [-0.2, -0.15) is 0 Å². The predicted octanol–water partition coefficient (Wildman–Crippen LogP) is 2.22. The van der Waals surface area contributed by atoms with Gasteiger partial charge >= 0.3 is 5.97 Å². The smallest absolute Gasteiger partial charge is 0.311 e. The molecule has 1 N–H and O–H groups in total. The Morgan fingerprint density at radius 1 is 1.35 bits per heavy atom. The van der Waals surface area contributed by atoms with Crippen LogP contribution in [0.5, 0.6) is 0 Å². The lowest BCUT2D eigenvalue weighted by Crippen LogP contribution is -2.45. The minimum atomic E-state index is -0.825. The molecule has 0 unspecified atom stereocenters. The molecule has 23 heavy (non-hydrogen) atoms. The van der Waals surface area contributed by atoms with Gasteiger partial charge in [0.15, 0.2) is 0 Å². The minimum absolute atomic E-state index is 0.00924. The fourth-order valence-electron chi connectivity index (χ4n) is 3.55. The molecule has 0 aromatic heterocycles. The summed E-state index contributed by atoms with van der Waals surface area (Å²) in [7, 11) is 0. The van der Waals surface area contributed by atoms with E-state index in [0.29, 0.717) is 50.6 Å². The van der Waals surface area contributed by atoms with Crippen LogP contribution in [-0.2, 0) is 20.7 Å². The molecular weight excluding hydrogens is 318 g/mol. The number of fused-ring (bicyclic) bond motifs is 1. The maximum absolute atomic E-state index is 12.5. The molecule has 1 aromatic rings. The van der Waals surface area contributed by atoms with E-state index in [1.807, 2.05) is 24.3 Å². The Labute approximate surface area is 140 Å². The number of halogens is 1. The van der Waals surface area contributed by atoms with Crippen LogP contribution in [0.15, 0.2) is 24.3 Å². The lowest BCUT2D eigenvalue weighted by Gasteiger charge is -2.33. The van der Waals surface area contributed by atoms with Gasteiger partial charge in [-0.25, -0.2) is 0 Å². The first-order chi connectivity index (χ1) is 11.0. The molecule has 1 aromatic carbocycles. The number of likely N-dealkylation sites (tertiary alicyclic amines) is 1. The molecule has 2 atom stereocenters. The van der Waals surface area contributed by atoms with Gasteiger partial charge in [-0.1, -0.05) is 23.7 Å². The first-order valence-electron chi connectivity index (χ1n) is 7.85. The van der Waals surface area contributed by atoms with Crippen molar-refractivity contribution in [2.75, 3.05) is 26.3 Å². The monoisotopic (exact) mass is 337 g/mol. The molecule has 5 nitrogen and oxygen atoms in total. The van der Waals surface area contributed by atoms with Crippen LogP contribution in [0.2, 0.25) is 5.02 Å².